The lowest BCUT2D eigenvalue weighted by Crippen LogP contribution is -2.51. The minimum Gasteiger partial charge on any atom is -0.368 e. The Morgan fingerprint density at radius 1 is 0.720 bits per heavy atom. The molecule has 126 valence electrons. The molecule has 0 amide bonds. The predicted molar refractivity (Wildman–Crippen MR) is 102 cm³/mol. The Balaban J connectivity index is 1.56. The van der Waals surface area contributed by atoms with E-state index in [2.05, 4.69) is 21.9 Å². The number of para-hydroxylation sites is 1. The summed E-state index contributed by atoms with van der Waals surface area (Å²) in [5.41, 5.74) is 3.66. The van der Waals surface area contributed by atoms with Crippen molar-refractivity contribution in [3.63, 3.8) is 0 Å². The molecule has 3 aromatic rings. The van der Waals surface area contributed by atoms with Crippen molar-refractivity contribution in [2.24, 2.45) is 0 Å². The van der Waals surface area contributed by atoms with Crippen molar-refractivity contribution in [2.45, 2.75) is 6.92 Å². The van der Waals surface area contributed by atoms with Crippen molar-refractivity contribution in [3.05, 3.63) is 80.6 Å². The van der Waals surface area contributed by atoms with E-state index in [0.29, 0.717) is 11.3 Å². The van der Waals surface area contributed by atoms with Crippen LogP contribution in [0, 0.1) is 6.92 Å². The molecule has 0 radical (unpaired) electrons. The van der Waals surface area contributed by atoms with Gasteiger partial charge in [0.1, 0.15) is 5.69 Å². The molecule has 1 heterocycles. The van der Waals surface area contributed by atoms with Gasteiger partial charge in [0, 0.05) is 31.9 Å². The Bertz CT molecular complexity index is 946. The van der Waals surface area contributed by atoms with Gasteiger partial charge in [-0.2, -0.15) is 0 Å². The fraction of sp³-hybridized carbons (Fsp3) is 0.238. The van der Waals surface area contributed by atoms with Crippen LogP contribution in [-0.2, 0) is 0 Å². The third-order valence-corrected chi connectivity index (χ3v) is 4.94. The molecule has 4 rings (SSSR count). The molecule has 0 unspecified atom stereocenters. The molecule has 4 nitrogen and oxygen atoms in total. The van der Waals surface area contributed by atoms with Crippen molar-refractivity contribution in [3.8, 4) is 11.1 Å². The van der Waals surface area contributed by atoms with Crippen LogP contribution in [0.5, 0.6) is 0 Å². The second-order valence-corrected chi connectivity index (χ2v) is 6.56. The van der Waals surface area contributed by atoms with E-state index in [1.807, 2.05) is 49.4 Å². The van der Waals surface area contributed by atoms with Crippen molar-refractivity contribution in [2.75, 3.05) is 36.0 Å². The molecule has 1 saturated heterocycles. The normalized spacial score (nSPS) is 14.9. The van der Waals surface area contributed by atoms with Crippen molar-refractivity contribution < 1.29 is 0 Å². The topological polar surface area (TPSA) is 40.6 Å². The summed E-state index contributed by atoms with van der Waals surface area (Å²) >= 11 is 0. The molecule has 0 aliphatic carbocycles. The van der Waals surface area contributed by atoms with Crippen molar-refractivity contribution >= 4 is 11.4 Å². The summed E-state index contributed by atoms with van der Waals surface area (Å²) in [6.45, 7) is 5.19. The summed E-state index contributed by atoms with van der Waals surface area (Å²) in [6, 6.07) is 18.1. The fourth-order valence-electron chi connectivity index (χ4n) is 3.50. The first-order chi connectivity index (χ1) is 12.1. The van der Waals surface area contributed by atoms with Gasteiger partial charge in [0.05, 0.1) is 5.56 Å². The minimum absolute atomic E-state index is 0.344. The van der Waals surface area contributed by atoms with Crippen LogP contribution < -0.4 is 20.7 Å². The number of nitrogens with zero attached hydrogens (tertiary/aromatic N) is 2. The summed E-state index contributed by atoms with van der Waals surface area (Å²) < 4.78 is 0. The van der Waals surface area contributed by atoms with Gasteiger partial charge in [-0.3, -0.25) is 9.59 Å². The molecule has 25 heavy (non-hydrogen) atoms. The number of anilines is 2. The van der Waals surface area contributed by atoms with Gasteiger partial charge in [-0.1, -0.05) is 48.0 Å². The summed E-state index contributed by atoms with van der Waals surface area (Å²) in [7, 11) is 0. The number of piperazine rings is 1. The molecule has 0 saturated carbocycles. The van der Waals surface area contributed by atoms with Gasteiger partial charge in [0.2, 0.25) is 10.9 Å². The van der Waals surface area contributed by atoms with E-state index in [0.717, 1.165) is 37.3 Å². The zero-order valence-corrected chi connectivity index (χ0v) is 14.2. The smallest absolute Gasteiger partial charge is 0.250 e. The van der Waals surface area contributed by atoms with Gasteiger partial charge in [-0.15, -0.1) is 0 Å². The standard InChI is InChI=1S/C21H20N2O2/c1-15-7-9-16(10-8-15)18-19(21(25)20(18)24)23-13-11-22(12-14-23)17-5-3-2-4-6-17/h2-10H,11-14H2,1H3. The largest absolute Gasteiger partial charge is 0.368 e. The highest BCUT2D eigenvalue weighted by Crippen LogP contribution is 2.28. The predicted octanol–water partition coefficient (Wildman–Crippen LogP) is 2.58. The zero-order valence-electron chi connectivity index (χ0n) is 14.2. The molecule has 1 aliphatic heterocycles. The third-order valence-electron chi connectivity index (χ3n) is 4.94. The van der Waals surface area contributed by atoms with Crippen LogP contribution in [0.4, 0.5) is 11.4 Å². The lowest BCUT2D eigenvalue weighted by molar-refractivity contribution is 0.651. The average molecular weight is 332 g/mol. The molecule has 1 fully saturated rings. The van der Waals surface area contributed by atoms with Gasteiger partial charge >= 0.3 is 0 Å². The molecule has 1 aliphatic rings. The summed E-state index contributed by atoms with van der Waals surface area (Å²) in [5.74, 6) is 0. The van der Waals surface area contributed by atoms with Gasteiger partial charge in [0.15, 0.2) is 0 Å². The molecule has 0 atom stereocenters. The van der Waals surface area contributed by atoms with E-state index in [9.17, 15) is 9.59 Å². The molecular weight excluding hydrogens is 312 g/mol. The lowest BCUT2D eigenvalue weighted by atomic mass is 9.96. The van der Waals surface area contributed by atoms with Crippen LogP contribution in [0.1, 0.15) is 5.56 Å². The van der Waals surface area contributed by atoms with E-state index < -0.39 is 0 Å². The van der Waals surface area contributed by atoms with E-state index in [4.69, 9.17) is 0 Å². The second kappa shape index (κ2) is 6.20. The molecule has 0 bridgehead atoms. The summed E-state index contributed by atoms with van der Waals surface area (Å²) in [4.78, 5) is 28.7. The Hall–Kier alpha value is -2.88. The zero-order chi connectivity index (χ0) is 17.4. The molecule has 3 aromatic carbocycles. The molecular formula is C21H20N2O2. The van der Waals surface area contributed by atoms with Gasteiger partial charge in [-0.05, 0) is 24.6 Å². The number of benzene rings is 2. The SMILES string of the molecule is Cc1ccc(-c2c(N3CCN(c4ccccc4)CC3)c(=O)c2=O)cc1. The molecule has 0 N–H and O–H groups in total. The Morgan fingerprint density at radius 2 is 1.32 bits per heavy atom. The highest BCUT2D eigenvalue weighted by Gasteiger charge is 2.29. The maximum Gasteiger partial charge on any atom is 0.250 e. The Labute approximate surface area is 146 Å². The average Bonchev–Trinajstić information content (AvgIpc) is 2.67. The Morgan fingerprint density at radius 3 is 1.96 bits per heavy atom. The van der Waals surface area contributed by atoms with Gasteiger partial charge in [0.25, 0.3) is 0 Å². The summed E-state index contributed by atoms with van der Waals surface area (Å²) in [5, 5.41) is 0. The highest BCUT2D eigenvalue weighted by molar-refractivity contribution is 5.83. The van der Waals surface area contributed by atoms with Crippen LogP contribution in [0.15, 0.2) is 64.2 Å². The molecule has 4 heteroatoms. The number of hydrogen-bond donors (Lipinski definition) is 0. The number of rotatable bonds is 3. The van der Waals surface area contributed by atoms with Crippen LogP contribution in [0.25, 0.3) is 11.1 Å². The maximum absolute atomic E-state index is 12.2. The lowest BCUT2D eigenvalue weighted by Gasteiger charge is -2.38. The van der Waals surface area contributed by atoms with E-state index in [-0.39, 0.29) is 10.9 Å². The van der Waals surface area contributed by atoms with E-state index in [1.54, 1.807) is 0 Å². The highest BCUT2D eigenvalue weighted by atomic mass is 16.2. The van der Waals surface area contributed by atoms with Crippen LogP contribution >= 0.6 is 0 Å². The quantitative estimate of drug-likeness (QED) is 0.691. The van der Waals surface area contributed by atoms with Crippen LogP contribution in [0.3, 0.4) is 0 Å². The monoisotopic (exact) mass is 332 g/mol. The van der Waals surface area contributed by atoms with Gasteiger partial charge in [-0.25, -0.2) is 0 Å². The van der Waals surface area contributed by atoms with E-state index >= 15 is 0 Å². The van der Waals surface area contributed by atoms with Crippen LogP contribution in [-0.4, -0.2) is 26.2 Å². The van der Waals surface area contributed by atoms with Gasteiger partial charge < -0.3 is 9.80 Å². The van der Waals surface area contributed by atoms with Crippen molar-refractivity contribution in [1.29, 1.82) is 0 Å². The third kappa shape index (κ3) is 2.74. The second-order valence-electron chi connectivity index (χ2n) is 6.56. The first-order valence-electron chi connectivity index (χ1n) is 8.60. The first-order valence-corrected chi connectivity index (χ1v) is 8.60. The van der Waals surface area contributed by atoms with E-state index in [1.165, 1.54) is 5.69 Å². The first kappa shape index (κ1) is 15.6. The number of aryl methyl sites for hydroxylation is 1. The Kier molecular flexibility index (Phi) is 3.88. The molecule has 0 aromatic heterocycles. The van der Waals surface area contributed by atoms with Crippen molar-refractivity contribution in [1.82, 2.24) is 0 Å². The summed E-state index contributed by atoms with van der Waals surface area (Å²) in [6.07, 6.45) is 0. The minimum atomic E-state index is -0.357. The maximum atomic E-state index is 12.2. The number of hydrogen-bond acceptors (Lipinski definition) is 4. The van der Waals surface area contributed by atoms with Crippen LogP contribution in [0.2, 0.25) is 0 Å². The fourth-order valence-corrected chi connectivity index (χ4v) is 3.50. The molecule has 0 spiro atoms.